The molecule has 0 aromatic heterocycles. The molecule has 166 valence electrons. The second-order valence-electron chi connectivity index (χ2n) is 7.60. The van der Waals surface area contributed by atoms with Crippen LogP contribution in [0.5, 0.6) is 17.2 Å². The molecule has 3 aromatic carbocycles. The number of benzene rings is 3. The van der Waals surface area contributed by atoms with E-state index < -0.39 is 0 Å². The highest BCUT2D eigenvalue weighted by Crippen LogP contribution is 2.35. The zero-order valence-electron chi connectivity index (χ0n) is 18.6. The van der Waals surface area contributed by atoms with Crippen LogP contribution in [0.1, 0.15) is 41.0 Å². The van der Waals surface area contributed by atoms with E-state index in [1.165, 1.54) is 0 Å². The first-order valence-electron chi connectivity index (χ1n) is 10.8. The minimum absolute atomic E-state index is 0.0360. The number of nitrogens with one attached hydrogen (secondary N) is 1. The lowest BCUT2D eigenvalue weighted by Crippen LogP contribution is -2.43. The van der Waals surface area contributed by atoms with Gasteiger partial charge in [-0.25, -0.2) is 0 Å². The molecule has 0 saturated carbocycles. The van der Waals surface area contributed by atoms with Crippen molar-refractivity contribution >= 4 is 11.6 Å². The zero-order chi connectivity index (χ0) is 22.5. The van der Waals surface area contributed by atoms with E-state index in [2.05, 4.69) is 12.2 Å². The molecule has 1 aliphatic rings. The Morgan fingerprint density at radius 3 is 2.38 bits per heavy atom. The van der Waals surface area contributed by atoms with Gasteiger partial charge in [0.1, 0.15) is 18.5 Å². The SMILES string of the molecule is CCCN1C(=O)c2ccccc2N[C@H]1c1ccc(OC)c(COc2ccccc2OC)c1. The van der Waals surface area contributed by atoms with Crippen molar-refractivity contribution in [1.29, 1.82) is 0 Å². The van der Waals surface area contributed by atoms with Gasteiger partial charge in [0.2, 0.25) is 0 Å². The second kappa shape index (κ2) is 9.64. The van der Waals surface area contributed by atoms with Crippen LogP contribution in [0.15, 0.2) is 66.7 Å². The molecule has 0 spiro atoms. The van der Waals surface area contributed by atoms with E-state index in [1.807, 2.05) is 71.6 Å². The number of carbonyl (C=O) groups excluding carboxylic acids is 1. The van der Waals surface area contributed by atoms with Gasteiger partial charge in [0.05, 0.1) is 19.8 Å². The van der Waals surface area contributed by atoms with E-state index >= 15 is 0 Å². The number of rotatable bonds is 8. The highest BCUT2D eigenvalue weighted by Gasteiger charge is 2.32. The maximum absolute atomic E-state index is 13.2. The molecule has 1 atom stereocenters. The van der Waals surface area contributed by atoms with Crippen molar-refractivity contribution in [2.75, 3.05) is 26.1 Å². The van der Waals surface area contributed by atoms with E-state index in [-0.39, 0.29) is 12.1 Å². The minimum atomic E-state index is -0.270. The lowest BCUT2D eigenvalue weighted by Gasteiger charge is -2.38. The van der Waals surface area contributed by atoms with Crippen LogP contribution in [0.25, 0.3) is 0 Å². The van der Waals surface area contributed by atoms with Crippen LogP contribution in [0.2, 0.25) is 0 Å². The number of methoxy groups -OCH3 is 2. The van der Waals surface area contributed by atoms with Crippen molar-refractivity contribution in [2.24, 2.45) is 0 Å². The molecule has 1 amide bonds. The molecule has 0 unspecified atom stereocenters. The van der Waals surface area contributed by atoms with Crippen molar-refractivity contribution < 1.29 is 19.0 Å². The lowest BCUT2D eigenvalue weighted by molar-refractivity contribution is 0.0683. The summed E-state index contributed by atoms with van der Waals surface area (Å²) in [6, 6.07) is 21.1. The number of amides is 1. The summed E-state index contributed by atoms with van der Waals surface area (Å²) in [7, 11) is 3.26. The fourth-order valence-electron chi connectivity index (χ4n) is 4.00. The van der Waals surface area contributed by atoms with Crippen molar-refractivity contribution in [2.45, 2.75) is 26.1 Å². The molecule has 6 heteroatoms. The van der Waals surface area contributed by atoms with Crippen LogP contribution < -0.4 is 19.5 Å². The Labute approximate surface area is 188 Å². The van der Waals surface area contributed by atoms with E-state index in [1.54, 1.807) is 14.2 Å². The summed E-state index contributed by atoms with van der Waals surface area (Å²) in [5.74, 6) is 2.10. The Hall–Kier alpha value is -3.67. The fourth-order valence-corrected chi connectivity index (χ4v) is 4.00. The van der Waals surface area contributed by atoms with Crippen molar-refractivity contribution in [1.82, 2.24) is 4.90 Å². The van der Waals surface area contributed by atoms with Gasteiger partial charge in [0.15, 0.2) is 11.5 Å². The molecular formula is C26H28N2O4. The number of hydrogen-bond donors (Lipinski definition) is 1. The molecule has 6 nitrogen and oxygen atoms in total. The summed E-state index contributed by atoms with van der Waals surface area (Å²) >= 11 is 0. The molecule has 1 heterocycles. The molecule has 3 aromatic rings. The largest absolute Gasteiger partial charge is 0.496 e. The van der Waals surface area contributed by atoms with Crippen molar-refractivity contribution in [3.8, 4) is 17.2 Å². The predicted octanol–water partition coefficient (Wildman–Crippen LogP) is 5.26. The Morgan fingerprint density at radius 1 is 0.906 bits per heavy atom. The molecule has 0 aliphatic carbocycles. The number of hydrogen-bond acceptors (Lipinski definition) is 5. The fraction of sp³-hybridized carbons (Fsp3) is 0.269. The summed E-state index contributed by atoms with van der Waals surface area (Å²) in [6.45, 7) is 3.04. The van der Waals surface area contributed by atoms with Gasteiger partial charge in [-0.3, -0.25) is 4.79 Å². The smallest absolute Gasteiger partial charge is 0.257 e. The lowest BCUT2D eigenvalue weighted by atomic mass is 10.0. The van der Waals surface area contributed by atoms with Crippen LogP contribution in [-0.4, -0.2) is 31.6 Å². The van der Waals surface area contributed by atoms with E-state index in [9.17, 15) is 4.79 Å². The number of carbonyl (C=O) groups is 1. The normalized spacial score (nSPS) is 15.0. The first-order valence-corrected chi connectivity index (χ1v) is 10.8. The van der Waals surface area contributed by atoms with Gasteiger partial charge in [-0.2, -0.15) is 0 Å². The van der Waals surface area contributed by atoms with E-state index in [0.717, 1.165) is 29.0 Å². The molecule has 0 radical (unpaired) electrons. The quantitative estimate of drug-likeness (QED) is 0.526. The molecule has 4 rings (SSSR count). The molecule has 1 N–H and O–H groups in total. The number of nitrogens with zero attached hydrogens (tertiary/aromatic N) is 1. The summed E-state index contributed by atoms with van der Waals surface area (Å²) in [5.41, 5.74) is 3.41. The average molecular weight is 433 g/mol. The summed E-state index contributed by atoms with van der Waals surface area (Å²) in [5, 5.41) is 3.54. The van der Waals surface area contributed by atoms with Crippen LogP contribution in [0, 0.1) is 0 Å². The molecule has 32 heavy (non-hydrogen) atoms. The van der Waals surface area contributed by atoms with Gasteiger partial charge >= 0.3 is 0 Å². The van der Waals surface area contributed by atoms with Gasteiger partial charge in [0.25, 0.3) is 5.91 Å². The second-order valence-corrected chi connectivity index (χ2v) is 7.60. The van der Waals surface area contributed by atoms with E-state index in [4.69, 9.17) is 14.2 Å². The highest BCUT2D eigenvalue weighted by molar-refractivity contribution is 6.01. The third kappa shape index (κ3) is 4.21. The topological polar surface area (TPSA) is 60.0 Å². The van der Waals surface area contributed by atoms with Crippen LogP contribution in [0.3, 0.4) is 0 Å². The summed E-state index contributed by atoms with van der Waals surface area (Å²) < 4.78 is 17.0. The third-order valence-electron chi connectivity index (χ3n) is 5.56. The predicted molar refractivity (Wildman–Crippen MR) is 124 cm³/mol. The minimum Gasteiger partial charge on any atom is -0.496 e. The molecule has 0 bridgehead atoms. The number of para-hydroxylation sites is 3. The van der Waals surface area contributed by atoms with Crippen molar-refractivity contribution in [3.05, 3.63) is 83.4 Å². The van der Waals surface area contributed by atoms with Gasteiger partial charge in [-0.1, -0.05) is 37.3 Å². The Bertz CT molecular complexity index is 1100. The maximum atomic E-state index is 13.2. The Balaban J connectivity index is 1.65. The van der Waals surface area contributed by atoms with Gasteiger partial charge in [0, 0.05) is 17.8 Å². The summed E-state index contributed by atoms with van der Waals surface area (Å²) in [4.78, 5) is 15.1. The molecule has 0 fully saturated rings. The molecule has 1 aliphatic heterocycles. The van der Waals surface area contributed by atoms with Gasteiger partial charge < -0.3 is 24.4 Å². The van der Waals surface area contributed by atoms with Crippen molar-refractivity contribution in [3.63, 3.8) is 0 Å². The first kappa shape index (κ1) is 21.6. The number of ether oxygens (including phenoxy) is 3. The van der Waals surface area contributed by atoms with Crippen LogP contribution >= 0.6 is 0 Å². The van der Waals surface area contributed by atoms with Crippen LogP contribution in [-0.2, 0) is 6.61 Å². The first-order chi connectivity index (χ1) is 15.7. The Morgan fingerprint density at radius 2 is 1.62 bits per heavy atom. The maximum Gasteiger partial charge on any atom is 0.257 e. The number of fused-ring (bicyclic) bond motifs is 1. The standard InChI is InChI=1S/C26H28N2O4/c1-4-15-28-25(27-21-10-6-5-9-20(21)26(28)29)18-13-14-22(30-2)19(16-18)17-32-24-12-8-7-11-23(24)31-3/h5-14,16,25,27H,4,15,17H2,1-3H3/t25-/m1/s1. The van der Waals surface area contributed by atoms with Gasteiger partial charge in [-0.15, -0.1) is 0 Å². The third-order valence-corrected chi connectivity index (χ3v) is 5.56. The van der Waals surface area contributed by atoms with Gasteiger partial charge in [-0.05, 0) is 48.4 Å². The monoisotopic (exact) mass is 432 g/mol. The van der Waals surface area contributed by atoms with Crippen LogP contribution in [0.4, 0.5) is 5.69 Å². The highest BCUT2D eigenvalue weighted by atomic mass is 16.5. The van der Waals surface area contributed by atoms with E-state index in [0.29, 0.717) is 30.2 Å². The Kier molecular flexibility index (Phi) is 6.50. The zero-order valence-corrected chi connectivity index (χ0v) is 18.6. The summed E-state index contributed by atoms with van der Waals surface area (Å²) in [6.07, 6.45) is 0.597. The number of anilines is 1. The molecule has 0 saturated heterocycles. The average Bonchev–Trinajstić information content (AvgIpc) is 2.84. The molecular weight excluding hydrogens is 404 g/mol.